The summed E-state index contributed by atoms with van der Waals surface area (Å²) in [6, 6.07) is 3.56. The molecule has 0 unspecified atom stereocenters. The molecule has 0 atom stereocenters. The summed E-state index contributed by atoms with van der Waals surface area (Å²) < 4.78 is 10.2. The predicted octanol–water partition coefficient (Wildman–Crippen LogP) is 2.38. The Labute approximate surface area is 110 Å². The minimum absolute atomic E-state index is 0. The highest BCUT2D eigenvalue weighted by Crippen LogP contribution is 2.12. The molecular weight excluding hydrogens is 265 g/mol. The molecule has 7 heteroatoms. The van der Waals surface area contributed by atoms with E-state index in [2.05, 4.69) is 15.5 Å². The number of hydrogen-bond donors (Lipinski definition) is 1. The molecule has 2 heterocycles. The second kappa shape index (κ2) is 6.64. The molecule has 5 nitrogen and oxygen atoms in total. The van der Waals surface area contributed by atoms with E-state index < -0.39 is 0 Å². The highest BCUT2D eigenvalue weighted by atomic mass is 35.5. The smallest absolute Gasteiger partial charge is 0.227 e. The molecule has 0 saturated heterocycles. The first-order valence-corrected chi connectivity index (χ1v) is 5.36. The van der Waals surface area contributed by atoms with Gasteiger partial charge in [-0.1, -0.05) is 5.16 Å². The molecule has 0 radical (unpaired) electrons. The van der Waals surface area contributed by atoms with Crippen molar-refractivity contribution in [1.82, 2.24) is 15.5 Å². The van der Waals surface area contributed by atoms with Crippen LogP contribution in [0.15, 0.2) is 21.1 Å². The maximum Gasteiger partial charge on any atom is 0.227 e. The first-order chi connectivity index (χ1) is 7.74. The molecule has 0 amide bonds. The summed E-state index contributed by atoms with van der Waals surface area (Å²) in [5, 5.41) is 7.31. The van der Waals surface area contributed by atoms with Crippen molar-refractivity contribution in [2.24, 2.45) is 0 Å². The maximum atomic E-state index is 5.64. The van der Waals surface area contributed by atoms with E-state index in [0.717, 1.165) is 12.3 Å². The quantitative estimate of drug-likeness (QED) is 0.851. The molecule has 0 bridgehead atoms. The number of hydrogen-bond acceptors (Lipinski definition) is 5. The fourth-order valence-corrected chi connectivity index (χ4v) is 1.46. The van der Waals surface area contributed by atoms with Crippen molar-refractivity contribution < 1.29 is 8.94 Å². The van der Waals surface area contributed by atoms with Gasteiger partial charge in [-0.25, -0.2) is 0 Å². The third-order valence-corrected chi connectivity index (χ3v) is 2.22. The van der Waals surface area contributed by atoms with Crippen LogP contribution in [0.5, 0.6) is 0 Å². The van der Waals surface area contributed by atoms with Gasteiger partial charge in [-0.3, -0.25) is 0 Å². The lowest BCUT2D eigenvalue weighted by atomic mass is 10.4. The SMILES string of the molecule is Cc1noc(CCNCc2ccc(Cl)o2)n1.Cl. The molecule has 0 aliphatic carbocycles. The van der Waals surface area contributed by atoms with E-state index in [1.807, 2.05) is 6.07 Å². The average molecular weight is 278 g/mol. The largest absolute Gasteiger partial charge is 0.448 e. The Morgan fingerprint density at radius 3 is 2.82 bits per heavy atom. The molecule has 0 saturated carbocycles. The topological polar surface area (TPSA) is 64.1 Å². The summed E-state index contributed by atoms with van der Waals surface area (Å²) in [4.78, 5) is 4.10. The number of furan rings is 1. The molecule has 2 aromatic heterocycles. The van der Waals surface area contributed by atoms with Gasteiger partial charge in [0, 0.05) is 13.0 Å². The van der Waals surface area contributed by atoms with Crippen molar-refractivity contribution in [2.45, 2.75) is 19.9 Å². The van der Waals surface area contributed by atoms with Gasteiger partial charge in [0.25, 0.3) is 0 Å². The molecule has 1 N–H and O–H groups in total. The van der Waals surface area contributed by atoms with Crippen LogP contribution in [0.3, 0.4) is 0 Å². The third kappa shape index (κ3) is 4.38. The first kappa shape index (κ1) is 14.0. The number of nitrogens with one attached hydrogen (secondary N) is 1. The number of nitrogens with zero attached hydrogens (tertiary/aromatic N) is 2. The lowest BCUT2D eigenvalue weighted by Crippen LogP contribution is -2.16. The van der Waals surface area contributed by atoms with E-state index in [1.165, 1.54) is 0 Å². The van der Waals surface area contributed by atoms with Crippen molar-refractivity contribution in [1.29, 1.82) is 0 Å². The predicted molar refractivity (Wildman–Crippen MR) is 65.4 cm³/mol. The van der Waals surface area contributed by atoms with E-state index in [4.69, 9.17) is 20.5 Å². The summed E-state index contributed by atoms with van der Waals surface area (Å²) in [5.41, 5.74) is 0. The van der Waals surface area contributed by atoms with Crippen LogP contribution in [-0.2, 0) is 13.0 Å². The highest BCUT2D eigenvalue weighted by Gasteiger charge is 2.02. The molecule has 0 aliphatic rings. The Morgan fingerprint density at radius 1 is 1.41 bits per heavy atom. The van der Waals surface area contributed by atoms with E-state index in [9.17, 15) is 0 Å². The van der Waals surface area contributed by atoms with E-state index in [1.54, 1.807) is 13.0 Å². The molecule has 0 spiro atoms. The zero-order valence-electron chi connectivity index (χ0n) is 9.27. The van der Waals surface area contributed by atoms with Crippen LogP contribution in [0.4, 0.5) is 0 Å². The monoisotopic (exact) mass is 277 g/mol. The van der Waals surface area contributed by atoms with Gasteiger partial charge in [-0.15, -0.1) is 12.4 Å². The number of halogens is 2. The summed E-state index contributed by atoms with van der Waals surface area (Å²) in [6.45, 7) is 3.19. The van der Waals surface area contributed by atoms with Crippen LogP contribution in [0.1, 0.15) is 17.5 Å². The second-order valence-electron chi connectivity index (χ2n) is 3.37. The van der Waals surface area contributed by atoms with Gasteiger partial charge in [0.15, 0.2) is 11.0 Å². The summed E-state index contributed by atoms with van der Waals surface area (Å²) in [7, 11) is 0. The van der Waals surface area contributed by atoms with Crippen molar-refractivity contribution in [3.8, 4) is 0 Å². The molecule has 0 fully saturated rings. The standard InChI is InChI=1S/C10H12ClN3O2.ClH/c1-7-13-10(16-14-7)4-5-12-6-8-2-3-9(11)15-8;/h2-3,12H,4-6H2,1H3;1H. The highest BCUT2D eigenvalue weighted by molar-refractivity contribution is 6.28. The average Bonchev–Trinajstić information content (AvgIpc) is 2.83. The van der Waals surface area contributed by atoms with Crippen LogP contribution >= 0.6 is 24.0 Å². The van der Waals surface area contributed by atoms with Crippen molar-refractivity contribution >= 4 is 24.0 Å². The molecule has 0 aromatic carbocycles. The fourth-order valence-electron chi connectivity index (χ4n) is 1.30. The lowest BCUT2D eigenvalue weighted by Gasteiger charge is -1.99. The zero-order chi connectivity index (χ0) is 11.4. The summed E-state index contributed by atoms with van der Waals surface area (Å²) in [5.74, 6) is 2.11. The van der Waals surface area contributed by atoms with Gasteiger partial charge >= 0.3 is 0 Å². The number of aryl methyl sites for hydroxylation is 1. The minimum Gasteiger partial charge on any atom is -0.448 e. The fraction of sp³-hybridized carbons (Fsp3) is 0.400. The molecule has 17 heavy (non-hydrogen) atoms. The van der Waals surface area contributed by atoms with E-state index >= 15 is 0 Å². The number of rotatable bonds is 5. The van der Waals surface area contributed by atoms with Crippen LogP contribution < -0.4 is 5.32 Å². The Kier molecular flexibility index (Phi) is 5.47. The van der Waals surface area contributed by atoms with Gasteiger partial charge in [0.1, 0.15) is 5.76 Å². The maximum absolute atomic E-state index is 5.64. The van der Waals surface area contributed by atoms with Crippen molar-refractivity contribution in [3.05, 3.63) is 34.8 Å². The van der Waals surface area contributed by atoms with E-state index in [0.29, 0.717) is 29.9 Å². The molecule has 94 valence electrons. The second-order valence-corrected chi connectivity index (χ2v) is 3.74. The summed E-state index contributed by atoms with van der Waals surface area (Å²) in [6.07, 6.45) is 0.704. The van der Waals surface area contributed by atoms with Crippen LogP contribution in [0.25, 0.3) is 0 Å². The van der Waals surface area contributed by atoms with Crippen LogP contribution in [-0.4, -0.2) is 16.7 Å². The van der Waals surface area contributed by atoms with Gasteiger partial charge in [0.05, 0.1) is 6.54 Å². The Bertz CT molecular complexity index is 414. The minimum atomic E-state index is 0. The Morgan fingerprint density at radius 2 is 2.24 bits per heavy atom. The summed E-state index contributed by atoms with van der Waals surface area (Å²) >= 11 is 5.64. The van der Waals surface area contributed by atoms with Crippen LogP contribution in [0, 0.1) is 6.92 Å². The van der Waals surface area contributed by atoms with Gasteiger partial charge in [0.2, 0.25) is 5.89 Å². The van der Waals surface area contributed by atoms with Gasteiger partial charge in [-0.2, -0.15) is 4.98 Å². The molecule has 2 rings (SSSR count). The molecule has 2 aromatic rings. The van der Waals surface area contributed by atoms with E-state index in [-0.39, 0.29) is 12.4 Å². The lowest BCUT2D eigenvalue weighted by molar-refractivity contribution is 0.371. The number of aromatic nitrogens is 2. The molecular formula is C10H13Cl2N3O2. The Hall–Kier alpha value is -1.04. The molecule has 0 aliphatic heterocycles. The third-order valence-electron chi connectivity index (χ3n) is 2.01. The van der Waals surface area contributed by atoms with Gasteiger partial charge in [-0.05, 0) is 30.7 Å². The van der Waals surface area contributed by atoms with Gasteiger partial charge < -0.3 is 14.3 Å². The zero-order valence-corrected chi connectivity index (χ0v) is 10.8. The van der Waals surface area contributed by atoms with Crippen LogP contribution in [0.2, 0.25) is 5.22 Å². The first-order valence-electron chi connectivity index (χ1n) is 4.98. The normalized spacial score (nSPS) is 10.2. The van der Waals surface area contributed by atoms with Crippen molar-refractivity contribution in [3.63, 3.8) is 0 Å². The van der Waals surface area contributed by atoms with Crippen molar-refractivity contribution in [2.75, 3.05) is 6.54 Å². The Balaban J connectivity index is 0.00000144.